The Morgan fingerprint density at radius 3 is 1.06 bits per heavy atom. The van der Waals surface area contributed by atoms with Crippen LogP contribution in [0.5, 0.6) is 0 Å². The lowest BCUT2D eigenvalue weighted by atomic mass is 10.1. The van der Waals surface area contributed by atoms with Gasteiger partial charge in [0.2, 0.25) is 0 Å². The normalized spacial score (nSPS) is 13.0. The van der Waals surface area contributed by atoms with E-state index in [1.807, 2.05) is 0 Å². The molecule has 1 unspecified atom stereocenters. The van der Waals surface area contributed by atoms with Crippen LogP contribution in [0.25, 0.3) is 0 Å². The van der Waals surface area contributed by atoms with Crippen LogP contribution in [0.3, 0.4) is 0 Å². The van der Waals surface area contributed by atoms with Crippen LogP contribution in [-0.4, -0.2) is 37.9 Å². The minimum atomic E-state index is -0.573. The van der Waals surface area contributed by atoms with Crippen LogP contribution >= 0.6 is 0 Å². The van der Waals surface area contributed by atoms with Gasteiger partial charge < -0.3 is 14.2 Å². The highest BCUT2D eigenvalue weighted by Gasteiger charge is 2.17. The van der Waals surface area contributed by atoms with Gasteiger partial charge in [0.15, 0.2) is 6.10 Å². The minimum Gasteiger partial charge on any atom is -0.462 e. The Labute approximate surface area is 434 Å². The van der Waals surface area contributed by atoms with Crippen molar-refractivity contribution in [3.8, 4) is 0 Å². The maximum atomic E-state index is 12.8. The van der Waals surface area contributed by atoms with E-state index < -0.39 is 6.10 Å². The Kier molecular flexibility index (Phi) is 56.9. The zero-order valence-corrected chi connectivity index (χ0v) is 46.0. The molecule has 0 aliphatic heterocycles. The Bertz CT molecular complexity index is 1380. The molecule has 0 saturated carbocycles. The summed E-state index contributed by atoms with van der Waals surface area (Å²) in [6, 6.07) is 0. The molecule has 0 rings (SSSR count). The average molecular weight is 972 g/mol. The van der Waals surface area contributed by atoms with E-state index in [4.69, 9.17) is 14.2 Å². The highest BCUT2D eigenvalue weighted by molar-refractivity contribution is 5.70. The molecule has 0 radical (unpaired) electrons. The summed E-state index contributed by atoms with van der Waals surface area (Å²) in [5, 5.41) is 0. The maximum absolute atomic E-state index is 12.8. The lowest BCUT2D eigenvalue weighted by Crippen LogP contribution is -2.30. The van der Waals surface area contributed by atoms with E-state index in [2.05, 4.69) is 130 Å². The number of unbranched alkanes of at least 4 members (excludes halogenated alkanes) is 24. The summed E-state index contributed by atoms with van der Waals surface area (Å²) in [7, 11) is 0. The largest absolute Gasteiger partial charge is 0.462 e. The summed E-state index contributed by atoms with van der Waals surface area (Å²) in [4.78, 5) is 25.5. The fourth-order valence-electron chi connectivity index (χ4n) is 7.89. The molecule has 0 aromatic carbocycles. The van der Waals surface area contributed by atoms with Crippen LogP contribution in [0, 0.1) is 0 Å². The van der Waals surface area contributed by atoms with Gasteiger partial charge in [0.25, 0.3) is 0 Å². The molecule has 0 aromatic rings. The number of carbonyl (C=O) groups excluding carboxylic acids is 2. The summed E-state index contributed by atoms with van der Waals surface area (Å²) < 4.78 is 17.4. The van der Waals surface area contributed by atoms with Gasteiger partial charge in [-0.3, -0.25) is 9.59 Å². The van der Waals surface area contributed by atoms with Gasteiger partial charge in [0.1, 0.15) is 6.61 Å². The molecule has 0 N–H and O–H groups in total. The van der Waals surface area contributed by atoms with Crippen LogP contribution in [0.2, 0.25) is 0 Å². The molecule has 5 heteroatoms. The number of hydrogen-bond acceptors (Lipinski definition) is 5. The number of allylic oxidation sites excluding steroid dienone is 18. The van der Waals surface area contributed by atoms with Crippen LogP contribution in [0.15, 0.2) is 109 Å². The van der Waals surface area contributed by atoms with Crippen molar-refractivity contribution in [1.82, 2.24) is 0 Å². The second-order valence-electron chi connectivity index (χ2n) is 19.2. The number of carbonyl (C=O) groups is 2. The first-order valence-electron chi connectivity index (χ1n) is 29.4. The molecule has 0 heterocycles. The van der Waals surface area contributed by atoms with Crippen molar-refractivity contribution in [3.05, 3.63) is 109 Å². The summed E-state index contributed by atoms with van der Waals surface area (Å²) in [5.74, 6) is -0.461. The maximum Gasteiger partial charge on any atom is 0.306 e. The van der Waals surface area contributed by atoms with Gasteiger partial charge in [-0.05, 0) is 128 Å². The SMILES string of the molecule is CC/C=C\C/C=C\C/C=C\C/C=C\CCCCC(=O)OC(COCCCCCCCCCCCC/C=C\C/C=C\CCCCC)COC(=O)CCCCCCCC/C=C\C/C=C\C/C=C\CCCCC. The fraction of sp³-hybridized carbons (Fsp3) is 0.692. The number of esters is 2. The molecule has 0 amide bonds. The first-order chi connectivity index (χ1) is 34.6. The van der Waals surface area contributed by atoms with E-state index in [9.17, 15) is 9.59 Å². The van der Waals surface area contributed by atoms with Crippen molar-refractivity contribution in [1.29, 1.82) is 0 Å². The lowest BCUT2D eigenvalue weighted by Gasteiger charge is -2.18. The topological polar surface area (TPSA) is 61.8 Å². The van der Waals surface area contributed by atoms with Crippen molar-refractivity contribution >= 4 is 11.9 Å². The molecular formula is C65H110O5. The molecule has 0 fully saturated rings. The summed E-state index contributed by atoms with van der Waals surface area (Å²) in [5.41, 5.74) is 0. The van der Waals surface area contributed by atoms with Gasteiger partial charge >= 0.3 is 11.9 Å². The second-order valence-corrected chi connectivity index (χ2v) is 19.2. The predicted octanol–water partition coefficient (Wildman–Crippen LogP) is 20.3. The zero-order valence-electron chi connectivity index (χ0n) is 46.0. The van der Waals surface area contributed by atoms with Gasteiger partial charge in [0, 0.05) is 19.4 Å². The number of ether oxygens (including phenoxy) is 3. The van der Waals surface area contributed by atoms with Crippen molar-refractivity contribution < 1.29 is 23.8 Å². The van der Waals surface area contributed by atoms with E-state index in [0.29, 0.717) is 19.4 Å². The van der Waals surface area contributed by atoms with Gasteiger partial charge in [-0.15, -0.1) is 0 Å². The first kappa shape index (κ1) is 66.6. The molecule has 0 aliphatic rings. The molecule has 0 spiro atoms. The van der Waals surface area contributed by atoms with Crippen LogP contribution in [-0.2, 0) is 23.8 Å². The van der Waals surface area contributed by atoms with Crippen molar-refractivity contribution in [2.24, 2.45) is 0 Å². The van der Waals surface area contributed by atoms with Gasteiger partial charge in [-0.25, -0.2) is 0 Å². The van der Waals surface area contributed by atoms with Crippen molar-refractivity contribution in [2.75, 3.05) is 19.8 Å². The molecule has 5 nitrogen and oxygen atoms in total. The fourth-order valence-corrected chi connectivity index (χ4v) is 7.89. The Balaban J connectivity index is 4.36. The van der Waals surface area contributed by atoms with Crippen molar-refractivity contribution in [3.63, 3.8) is 0 Å². The highest BCUT2D eigenvalue weighted by atomic mass is 16.6. The summed E-state index contributed by atoms with van der Waals surface area (Å²) in [6.07, 6.45) is 82.5. The number of rotatable bonds is 53. The second kappa shape index (κ2) is 59.9. The van der Waals surface area contributed by atoms with E-state index in [1.54, 1.807) is 0 Å². The van der Waals surface area contributed by atoms with Gasteiger partial charge in [-0.2, -0.15) is 0 Å². The monoisotopic (exact) mass is 971 g/mol. The van der Waals surface area contributed by atoms with E-state index >= 15 is 0 Å². The first-order valence-corrected chi connectivity index (χ1v) is 29.4. The Morgan fingerprint density at radius 1 is 0.329 bits per heavy atom. The quantitative estimate of drug-likeness (QED) is 0.0345. The number of hydrogen-bond donors (Lipinski definition) is 0. The summed E-state index contributed by atoms with van der Waals surface area (Å²) >= 11 is 0. The van der Waals surface area contributed by atoms with Crippen LogP contribution < -0.4 is 0 Å². The third-order valence-electron chi connectivity index (χ3n) is 12.3. The smallest absolute Gasteiger partial charge is 0.306 e. The molecule has 400 valence electrons. The third-order valence-corrected chi connectivity index (χ3v) is 12.3. The van der Waals surface area contributed by atoms with E-state index in [1.165, 1.54) is 128 Å². The Morgan fingerprint density at radius 2 is 0.643 bits per heavy atom. The van der Waals surface area contributed by atoms with Gasteiger partial charge in [0.05, 0.1) is 6.61 Å². The molecule has 70 heavy (non-hydrogen) atoms. The molecule has 0 saturated heterocycles. The predicted molar refractivity (Wildman–Crippen MR) is 306 cm³/mol. The van der Waals surface area contributed by atoms with Gasteiger partial charge in [-0.1, -0.05) is 233 Å². The van der Waals surface area contributed by atoms with Crippen LogP contribution in [0.1, 0.15) is 265 Å². The van der Waals surface area contributed by atoms with E-state index in [-0.39, 0.29) is 25.2 Å². The molecular weight excluding hydrogens is 861 g/mol. The standard InChI is InChI=1S/C65H110O5/c1-4-7-10-13-16-19-22-25-28-30-32-34-36-39-42-45-48-51-54-57-60-68-61-63(70-65(67)59-56-53-50-47-44-41-37-27-24-21-18-15-12-9-6-3)62-69-64(66)58-55-52-49-46-43-40-38-35-33-31-29-26-23-20-17-14-11-8-5-2/h9,12,16-21,25-29,33,35,37,44,47,63H,4-8,10-11,13-15,22-24,30-32,34,36,38-43,45-46,48-62H2,1-3H3/b12-9-,19-16-,20-17-,21-18-,28-25-,29-26-,35-33-,37-27-,47-44-. The summed E-state index contributed by atoms with van der Waals surface area (Å²) in [6.45, 7) is 7.61. The molecule has 0 aliphatic carbocycles. The van der Waals surface area contributed by atoms with Crippen LogP contribution in [0.4, 0.5) is 0 Å². The average Bonchev–Trinajstić information content (AvgIpc) is 3.36. The highest BCUT2D eigenvalue weighted by Crippen LogP contribution is 2.14. The molecule has 0 bridgehead atoms. The minimum absolute atomic E-state index is 0.0551. The zero-order chi connectivity index (χ0) is 50.6. The Hall–Kier alpha value is -3.44. The van der Waals surface area contributed by atoms with Crippen molar-refractivity contribution in [2.45, 2.75) is 271 Å². The lowest BCUT2D eigenvalue weighted by molar-refractivity contribution is -0.163. The molecule has 1 atom stereocenters. The molecule has 0 aromatic heterocycles. The third kappa shape index (κ3) is 57.1. The van der Waals surface area contributed by atoms with E-state index in [0.717, 1.165) is 103 Å².